The third-order valence-electron chi connectivity index (χ3n) is 17.5. The Labute approximate surface area is 574 Å². The van der Waals surface area contributed by atoms with Crippen molar-refractivity contribution < 1.29 is 47.0 Å². The van der Waals surface area contributed by atoms with Crippen LogP contribution in [0.5, 0.6) is 0 Å². The fourth-order valence-electron chi connectivity index (χ4n) is 12.2. The van der Waals surface area contributed by atoms with Crippen LogP contribution in [0.2, 0.25) is 0 Å². The van der Waals surface area contributed by atoms with Gasteiger partial charge in [0.25, 0.3) is 0 Å². The minimum absolute atomic E-state index is 0.264. The van der Waals surface area contributed by atoms with E-state index in [1.54, 1.807) is 24.3 Å². The molecule has 0 unspecified atom stereocenters. The molecule has 6 heterocycles. The van der Waals surface area contributed by atoms with Crippen LogP contribution in [0.15, 0.2) is 316 Å². The van der Waals surface area contributed by atoms with Gasteiger partial charge in [-0.3, -0.25) is 9.13 Å². The topological polar surface area (TPSA) is 182 Å². The maximum atomic E-state index is 11.4. The van der Waals surface area contributed by atoms with Crippen molar-refractivity contribution in [2.75, 3.05) is 0 Å². The molecule has 0 fully saturated rings. The molecule has 0 saturated carbocycles. The summed E-state index contributed by atoms with van der Waals surface area (Å²) < 4.78 is 31.5. The number of hydrogen-bond donors (Lipinski definition) is 4. The predicted octanol–water partition coefficient (Wildman–Crippen LogP) is 15.6. The Balaban J connectivity index is 0.587. The zero-order valence-corrected chi connectivity index (χ0v) is 55.8. The summed E-state index contributed by atoms with van der Waals surface area (Å²) in [7, 11) is -8.23. The number of pyridine rings is 4. The highest BCUT2D eigenvalue weighted by molar-refractivity contribution is 7.51. The zero-order valence-electron chi connectivity index (χ0n) is 54.0. The van der Waals surface area contributed by atoms with E-state index in [-0.39, 0.29) is 12.3 Å². The Kier molecular flexibility index (Phi) is 19.3. The van der Waals surface area contributed by atoms with Crippen LogP contribution in [0.3, 0.4) is 0 Å². The minimum atomic E-state index is -4.12. The van der Waals surface area contributed by atoms with Gasteiger partial charge in [-0.1, -0.05) is 206 Å². The number of aryl methyl sites for hydroxylation is 2. The quantitative estimate of drug-likeness (QED) is 0.0376. The van der Waals surface area contributed by atoms with Gasteiger partial charge in [-0.05, 0) is 67.8 Å². The van der Waals surface area contributed by atoms with Crippen LogP contribution >= 0.6 is 15.2 Å². The Hall–Kier alpha value is -11.2. The van der Waals surface area contributed by atoms with Gasteiger partial charge < -0.3 is 19.6 Å². The number of rotatable bonds is 22. The van der Waals surface area contributed by atoms with Crippen LogP contribution in [-0.2, 0) is 47.6 Å². The molecule has 0 bridgehead atoms. The Bertz CT molecular complexity index is 4860. The molecule has 4 N–H and O–H groups in total. The molecule has 0 aliphatic rings. The summed E-state index contributed by atoms with van der Waals surface area (Å²) in [6.45, 7) is 3.02. The van der Waals surface area contributed by atoms with E-state index in [1.165, 1.54) is 0 Å². The van der Waals surface area contributed by atoms with E-state index in [2.05, 4.69) is 201 Å². The van der Waals surface area contributed by atoms with E-state index in [0.717, 1.165) is 131 Å². The van der Waals surface area contributed by atoms with Crippen LogP contribution < -0.4 is 18.3 Å². The van der Waals surface area contributed by atoms with Gasteiger partial charge in [-0.15, -0.1) is 0 Å². The standard InChI is InChI=1S/C83H66N8O6P2/c92-98(93,94)58-62-16-12-60(13-17-62)56-90-50-40-70(41-51-90)66-24-32-74(33-25-66)80-54-78(84-82(86-80)76-8-3-1-4-9-76)72-28-20-64(21-29-72)68-36-46-88(47-37-68)44-7-45-89-48-38-69(39-49-89)65-22-30-73(31-23-65)79-55-81(87-83(85-79)77-10-5-2-6-11-77)75-34-26-67(27-35-75)71-42-52-91(53-43-71)57-61-14-18-63(19-15-61)59-99(95,96)97/h1-6,8-43,46-55H,7,44-45,56-59H2/p+4. The van der Waals surface area contributed by atoms with Gasteiger partial charge in [0.15, 0.2) is 87.4 Å². The number of hydrogen-bond acceptors (Lipinski definition) is 6. The smallest absolute Gasteiger partial charge is 0.324 e. The van der Waals surface area contributed by atoms with Crippen LogP contribution in [0.25, 0.3) is 112 Å². The lowest BCUT2D eigenvalue weighted by Crippen LogP contribution is -2.38. The Morgan fingerprint density at radius 2 is 0.485 bits per heavy atom. The Morgan fingerprint density at radius 3 is 0.747 bits per heavy atom. The summed E-state index contributed by atoms with van der Waals surface area (Å²) in [5.74, 6) is 1.32. The molecule has 6 aromatic heterocycles. The van der Waals surface area contributed by atoms with Gasteiger partial charge in [0.2, 0.25) is 0 Å². The van der Waals surface area contributed by atoms with Crippen molar-refractivity contribution >= 4 is 15.2 Å². The van der Waals surface area contributed by atoms with E-state index in [1.807, 2.05) is 110 Å². The van der Waals surface area contributed by atoms with Gasteiger partial charge in [-0.25, -0.2) is 38.2 Å². The van der Waals surface area contributed by atoms with Crippen LogP contribution in [0.4, 0.5) is 0 Å². The first kappa shape index (κ1) is 65.1. The number of aromatic nitrogens is 8. The molecular weight excluding hydrogens is 1270 g/mol. The van der Waals surface area contributed by atoms with E-state index < -0.39 is 15.2 Å². The summed E-state index contributed by atoms with van der Waals surface area (Å²) in [4.78, 5) is 57.7. The van der Waals surface area contributed by atoms with E-state index in [4.69, 9.17) is 19.9 Å². The molecule has 0 saturated heterocycles. The molecule has 0 atom stereocenters. The second-order valence-electron chi connectivity index (χ2n) is 24.8. The van der Waals surface area contributed by atoms with Crippen molar-refractivity contribution in [1.82, 2.24) is 19.9 Å². The van der Waals surface area contributed by atoms with E-state index >= 15 is 0 Å². The maximum Gasteiger partial charge on any atom is 0.329 e. The van der Waals surface area contributed by atoms with Gasteiger partial charge in [0.1, 0.15) is 0 Å². The lowest BCUT2D eigenvalue weighted by Gasteiger charge is -2.11. The van der Waals surface area contributed by atoms with Gasteiger partial charge in [-0.2, -0.15) is 0 Å². The summed E-state index contributed by atoms with van der Waals surface area (Å²) in [6, 6.07) is 90.2. The zero-order chi connectivity index (χ0) is 67.7. The van der Waals surface area contributed by atoms with Crippen molar-refractivity contribution in [3.8, 4) is 112 Å². The van der Waals surface area contributed by atoms with Crippen LogP contribution in [0, 0.1) is 0 Å². The lowest BCUT2D eigenvalue weighted by molar-refractivity contribution is -0.726. The molecule has 99 heavy (non-hydrogen) atoms. The summed E-state index contributed by atoms with van der Waals surface area (Å²) in [6.07, 6.45) is 17.2. The first-order chi connectivity index (χ1) is 48.2. The van der Waals surface area contributed by atoms with Crippen molar-refractivity contribution in [2.24, 2.45) is 0 Å². The van der Waals surface area contributed by atoms with Crippen molar-refractivity contribution in [2.45, 2.75) is 44.9 Å². The molecule has 8 aromatic carbocycles. The molecule has 0 spiro atoms. The number of nitrogens with zero attached hydrogens (tertiary/aromatic N) is 8. The molecule has 14 aromatic rings. The van der Waals surface area contributed by atoms with E-state index in [0.29, 0.717) is 35.9 Å². The van der Waals surface area contributed by atoms with Crippen molar-refractivity contribution in [3.05, 3.63) is 339 Å². The highest BCUT2D eigenvalue weighted by atomic mass is 31.2. The van der Waals surface area contributed by atoms with Crippen LogP contribution in [-0.4, -0.2) is 39.5 Å². The summed E-state index contributed by atoms with van der Waals surface area (Å²) in [5, 5.41) is 0. The van der Waals surface area contributed by atoms with Gasteiger partial charge in [0.05, 0.1) is 41.5 Å². The molecule has 0 radical (unpaired) electrons. The normalized spacial score (nSPS) is 11.6. The second kappa shape index (κ2) is 29.3. The molecule has 0 amide bonds. The number of benzene rings is 8. The van der Waals surface area contributed by atoms with Crippen molar-refractivity contribution in [1.29, 1.82) is 0 Å². The average molecular weight is 1340 g/mol. The van der Waals surface area contributed by atoms with Crippen LogP contribution in [0.1, 0.15) is 28.7 Å². The predicted molar refractivity (Wildman–Crippen MR) is 386 cm³/mol. The Morgan fingerprint density at radius 1 is 0.253 bits per heavy atom. The van der Waals surface area contributed by atoms with Gasteiger partial charge in [0, 0.05) is 93.0 Å². The SMILES string of the molecule is O=P(O)(O)Cc1ccc(C[n+]2ccc(-c3ccc(-c4cc(-c5ccc(-c6cc[n+](CCC[n+]7ccc(-c8ccc(-c9cc(-c%10ccc(-c%11cc[n+](Cc%12ccc(CP(=O)(O)O)cc%12)cc%11)cc%10)nc(-c%10ccccc%10)n9)cc8)cc7)cc6)cc5)nc(-c5ccccc5)n4)cc3)cc2)cc1. The summed E-state index contributed by atoms with van der Waals surface area (Å²) in [5.41, 5.74) is 21.3. The highest BCUT2D eigenvalue weighted by Crippen LogP contribution is 2.40. The summed E-state index contributed by atoms with van der Waals surface area (Å²) >= 11 is 0. The average Bonchev–Trinajstić information content (AvgIpc) is 0.808. The largest absolute Gasteiger partial charge is 0.329 e. The van der Waals surface area contributed by atoms with E-state index in [9.17, 15) is 28.7 Å². The first-order valence-corrected chi connectivity index (χ1v) is 36.3. The van der Waals surface area contributed by atoms with Crippen molar-refractivity contribution in [3.63, 3.8) is 0 Å². The molecule has 0 aliphatic heterocycles. The molecule has 14 nitrogen and oxygen atoms in total. The third-order valence-corrected chi connectivity index (χ3v) is 19.1. The molecule has 14 rings (SSSR count). The van der Waals surface area contributed by atoms with Gasteiger partial charge >= 0.3 is 15.2 Å². The fraction of sp³-hybridized carbons (Fsp3) is 0.0843. The molecule has 484 valence electrons. The maximum absolute atomic E-state index is 11.4. The monoisotopic (exact) mass is 1340 g/mol. The second-order valence-corrected chi connectivity index (χ2v) is 28.1. The third kappa shape index (κ3) is 16.8. The molecular formula is C83H70N8O6P2+4. The fourth-order valence-corrected chi connectivity index (χ4v) is 13.6. The molecule has 16 heteroatoms. The minimum Gasteiger partial charge on any atom is -0.324 e. The first-order valence-electron chi connectivity index (χ1n) is 32.7. The molecule has 0 aliphatic carbocycles. The lowest BCUT2D eigenvalue weighted by atomic mass is 10.0. The highest BCUT2D eigenvalue weighted by Gasteiger charge is 2.19.